The minimum Gasteiger partial charge on any atom is -0.506 e. The fraction of sp³-hybridized carbons (Fsp3) is 0.194. The first kappa shape index (κ1) is 23.1. The molecule has 0 aliphatic carbocycles. The van der Waals surface area contributed by atoms with Crippen LogP contribution in [0.25, 0.3) is 16.8 Å². The Balaban J connectivity index is 1.54. The van der Waals surface area contributed by atoms with Gasteiger partial charge in [-0.25, -0.2) is 4.79 Å². The number of rotatable bonds is 4. The second-order valence-corrected chi connectivity index (χ2v) is 9.19. The van der Waals surface area contributed by atoms with Crippen LogP contribution in [0.1, 0.15) is 27.0 Å². The highest BCUT2D eigenvalue weighted by molar-refractivity contribution is 6.08. The van der Waals surface area contributed by atoms with Crippen molar-refractivity contribution in [1.29, 1.82) is 0 Å². The Kier molecular flexibility index (Phi) is 5.81. The third-order valence-electron chi connectivity index (χ3n) is 7.19. The molecule has 0 spiro atoms. The standard InChI is InChI=1S/C31H27NO5/c1-35-30(34)27-26-15-16-31(21-7-3-2-4-8-21,37-29(26)25-10-6-5-9-24(25)28(27)33)22-11-13-23(14-12-22)32-17-19-36-20-18-32/h2-16,33H,17-20H2,1H3. The number of aromatic hydroxyl groups is 1. The quantitative estimate of drug-likeness (QED) is 0.378. The van der Waals surface area contributed by atoms with Crippen LogP contribution < -0.4 is 9.64 Å². The third-order valence-corrected chi connectivity index (χ3v) is 7.19. The number of hydrogen-bond acceptors (Lipinski definition) is 6. The van der Waals surface area contributed by atoms with Gasteiger partial charge in [-0.2, -0.15) is 0 Å². The van der Waals surface area contributed by atoms with Crippen molar-refractivity contribution in [3.05, 3.63) is 107 Å². The zero-order valence-corrected chi connectivity index (χ0v) is 20.5. The van der Waals surface area contributed by atoms with Crippen LogP contribution in [0.5, 0.6) is 11.5 Å². The Morgan fingerprint density at radius 1 is 0.892 bits per heavy atom. The van der Waals surface area contributed by atoms with Crippen molar-refractivity contribution in [2.75, 3.05) is 38.3 Å². The molecule has 1 saturated heterocycles. The molecule has 0 bridgehead atoms. The first-order chi connectivity index (χ1) is 18.1. The van der Waals surface area contributed by atoms with E-state index in [1.807, 2.05) is 60.7 Å². The minimum absolute atomic E-state index is 0.0942. The summed E-state index contributed by atoms with van der Waals surface area (Å²) in [5.41, 5.74) is 2.70. The highest BCUT2D eigenvalue weighted by atomic mass is 16.5. The van der Waals surface area contributed by atoms with Gasteiger partial charge in [0.05, 0.1) is 20.3 Å². The van der Waals surface area contributed by atoms with Gasteiger partial charge in [-0.15, -0.1) is 0 Å². The number of esters is 1. The Hall–Kier alpha value is -4.29. The van der Waals surface area contributed by atoms with Crippen LogP contribution in [0.4, 0.5) is 5.69 Å². The molecule has 6 heteroatoms. The third kappa shape index (κ3) is 3.81. The molecule has 0 amide bonds. The van der Waals surface area contributed by atoms with Gasteiger partial charge in [-0.3, -0.25) is 0 Å². The maximum Gasteiger partial charge on any atom is 0.342 e. The van der Waals surface area contributed by atoms with Crippen LogP contribution in [-0.4, -0.2) is 44.5 Å². The molecular formula is C31H27NO5. The molecule has 0 saturated carbocycles. The average Bonchev–Trinajstić information content (AvgIpc) is 2.98. The molecule has 6 nitrogen and oxygen atoms in total. The van der Waals surface area contributed by atoms with Gasteiger partial charge in [0.25, 0.3) is 0 Å². The predicted molar refractivity (Wildman–Crippen MR) is 143 cm³/mol. The molecule has 4 aromatic rings. The van der Waals surface area contributed by atoms with Crippen molar-refractivity contribution in [3.8, 4) is 11.5 Å². The lowest BCUT2D eigenvalue weighted by Gasteiger charge is -2.37. The van der Waals surface area contributed by atoms with Crippen LogP contribution in [0.3, 0.4) is 0 Å². The second kappa shape index (κ2) is 9.30. The average molecular weight is 494 g/mol. The zero-order valence-electron chi connectivity index (χ0n) is 20.5. The molecule has 1 atom stereocenters. The summed E-state index contributed by atoms with van der Waals surface area (Å²) in [5, 5.41) is 12.3. The number of anilines is 1. The topological polar surface area (TPSA) is 68.2 Å². The fourth-order valence-electron chi connectivity index (χ4n) is 5.29. The largest absolute Gasteiger partial charge is 0.506 e. The number of fused-ring (bicyclic) bond motifs is 3. The van der Waals surface area contributed by atoms with Gasteiger partial charge >= 0.3 is 5.97 Å². The van der Waals surface area contributed by atoms with E-state index in [1.165, 1.54) is 7.11 Å². The number of carbonyl (C=O) groups excluding carboxylic acids is 1. The number of hydrogen-bond donors (Lipinski definition) is 1. The van der Waals surface area contributed by atoms with Crippen LogP contribution in [0.15, 0.2) is 84.9 Å². The molecule has 0 aromatic heterocycles. The summed E-state index contributed by atoms with van der Waals surface area (Å²) >= 11 is 0. The van der Waals surface area contributed by atoms with E-state index in [1.54, 1.807) is 6.07 Å². The van der Waals surface area contributed by atoms with Crippen LogP contribution >= 0.6 is 0 Å². The van der Waals surface area contributed by atoms with Crippen molar-refractivity contribution in [1.82, 2.24) is 0 Å². The molecule has 1 unspecified atom stereocenters. The van der Waals surface area contributed by atoms with Crippen molar-refractivity contribution < 1.29 is 24.1 Å². The number of carbonyl (C=O) groups is 1. The Morgan fingerprint density at radius 2 is 1.54 bits per heavy atom. The summed E-state index contributed by atoms with van der Waals surface area (Å²) in [6, 6.07) is 25.8. The van der Waals surface area contributed by atoms with Gasteiger partial charge in [-0.05, 0) is 24.3 Å². The van der Waals surface area contributed by atoms with Gasteiger partial charge < -0.3 is 24.2 Å². The van der Waals surface area contributed by atoms with E-state index in [4.69, 9.17) is 14.2 Å². The number of phenolic OH excluding ortho intramolecular Hbond substituents is 1. The molecule has 4 aromatic carbocycles. The predicted octanol–water partition coefficient (Wildman–Crippen LogP) is 5.52. The van der Waals surface area contributed by atoms with Crippen LogP contribution in [-0.2, 0) is 15.1 Å². The summed E-state index contributed by atoms with van der Waals surface area (Å²) in [4.78, 5) is 15.1. The molecule has 0 radical (unpaired) electrons. The minimum atomic E-state index is -0.940. The molecule has 1 N–H and O–H groups in total. The smallest absolute Gasteiger partial charge is 0.342 e. The van der Waals surface area contributed by atoms with Gasteiger partial charge in [0.2, 0.25) is 0 Å². The monoisotopic (exact) mass is 493 g/mol. The summed E-state index contributed by atoms with van der Waals surface area (Å²) in [6.07, 6.45) is 3.81. The summed E-state index contributed by atoms with van der Waals surface area (Å²) in [6.45, 7) is 3.17. The normalized spacial score (nSPS) is 18.8. The second-order valence-electron chi connectivity index (χ2n) is 9.19. The van der Waals surface area contributed by atoms with Crippen LogP contribution in [0, 0.1) is 0 Å². The summed E-state index contributed by atoms with van der Waals surface area (Å²) in [5.74, 6) is -0.205. The van der Waals surface area contributed by atoms with Gasteiger partial charge in [0.1, 0.15) is 17.1 Å². The number of morpholine rings is 1. The molecule has 6 rings (SSSR count). The molecule has 37 heavy (non-hydrogen) atoms. The fourth-order valence-corrected chi connectivity index (χ4v) is 5.29. The lowest BCUT2D eigenvalue weighted by Crippen LogP contribution is -2.37. The Labute approximate surface area is 215 Å². The molecular weight excluding hydrogens is 466 g/mol. The zero-order chi connectivity index (χ0) is 25.4. The number of ether oxygens (including phenoxy) is 3. The molecule has 2 aliphatic rings. The van der Waals surface area contributed by atoms with Crippen molar-refractivity contribution in [2.24, 2.45) is 0 Å². The van der Waals surface area contributed by atoms with E-state index in [9.17, 15) is 9.90 Å². The van der Waals surface area contributed by atoms with Crippen LogP contribution in [0.2, 0.25) is 0 Å². The highest BCUT2D eigenvalue weighted by Gasteiger charge is 2.39. The maximum atomic E-state index is 12.8. The first-order valence-electron chi connectivity index (χ1n) is 12.4. The van der Waals surface area contributed by atoms with E-state index in [0.29, 0.717) is 16.7 Å². The van der Waals surface area contributed by atoms with Gasteiger partial charge in [0, 0.05) is 46.2 Å². The lowest BCUT2D eigenvalue weighted by atomic mass is 9.82. The summed E-state index contributed by atoms with van der Waals surface area (Å²) in [7, 11) is 1.31. The van der Waals surface area contributed by atoms with Gasteiger partial charge in [0.15, 0.2) is 5.60 Å². The lowest BCUT2D eigenvalue weighted by molar-refractivity contribution is 0.0596. The highest BCUT2D eigenvalue weighted by Crippen LogP contribution is 2.49. The number of methoxy groups -OCH3 is 1. The molecule has 2 heterocycles. The Morgan fingerprint density at radius 3 is 2.24 bits per heavy atom. The summed E-state index contributed by atoms with van der Waals surface area (Å²) < 4.78 is 17.5. The van der Waals surface area contributed by atoms with E-state index < -0.39 is 11.6 Å². The molecule has 186 valence electrons. The van der Waals surface area contributed by atoms with E-state index in [2.05, 4.69) is 29.2 Å². The SMILES string of the molecule is COC(=O)c1c2c(c3ccccc3c1O)OC(c1ccccc1)(c1ccc(N3CCOCC3)cc1)C=C2. The van der Waals surface area contributed by atoms with Crippen molar-refractivity contribution in [3.63, 3.8) is 0 Å². The number of phenols is 1. The van der Waals surface area contributed by atoms with Gasteiger partial charge in [-0.1, -0.05) is 66.7 Å². The number of nitrogens with zero attached hydrogens (tertiary/aromatic N) is 1. The van der Waals surface area contributed by atoms with Crippen molar-refractivity contribution >= 4 is 28.5 Å². The molecule has 1 fully saturated rings. The number of benzene rings is 4. The Bertz CT molecular complexity index is 1490. The molecule has 2 aliphatic heterocycles. The van der Waals surface area contributed by atoms with E-state index in [0.717, 1.165) is 48.5 Å². The van der Waals surface area contributed by atoms with E-state index >= 15 is 0 Å². The van der Waals surface area contributed by atoms with E-state index in [-0.39, 0.29) is 11.3 Å². The first-order valence-corrected chi connectivity index (χ1v) is 12.4. The maximum absolute atomic E-state index is 12.8. The van der Waals surface area contributed by atoms with Crippen molar-refractivity contribution in [2.45, 2.75) is 5.60 Å².